The molecular formula is C12H21N3O. The summed E-state index contributed by atoms with van der Waals surface area (Å²) >= 11 is 0. The molecule has 0 aliphatic heterocycles. The van der Waals surface area contributed by atoms with Crippen LogP contribution >= 0.6 is 0 Å². The Labute approximate surface area is 97.5 Å². The Morgan fingerprint density at radius 1 is 1.31 bits per heavy atom. The first-order valence-corrected chi connectivity index (χ1v) is 5.50. The fraction of sp³-hybridized carbons (Fsp3) is 0.583. The molecule has 1 aromatic rings. The van der Waals surface area contributed by atoms with E-state index in [4.69, 9.17) is 0 Å². The Morgan fingerprint density at radius 2 is 2.00 bits per heavy atom. The molecule has 1 atom stereocenters. The van der Waals surface area contributed by atoms with Crippen LogP contribution in [0, 0.1) is 0 Å². The third-order valence-electron chi connectivity index (χ3n) is 2.53. The van der Waals surface area contributed by atoms with E-state index in [2.05, 4.69) is 14.8 Å². The molecule has 1 heterocycles. The van der Waals surface area contributed by atoms with Gasteiger partial charge in [-0.1, -0.05) is 0 Å². The number of hydrogen-bond acceptors (Lipinski definition) is 4. The number of nitrogens with zero attached hydrogens (tertiary/aromatic N) is 3. The number of aliphatic hydroxyl groups excluding tert-OH is 1. The van der Waals surface area contributed by atoms with Crippen LogP contribution in [0.1, 0.15) is 18.6 Å². The summed E-state index contributed by atoms with van der Waals surface area (Å²) in [5.41, 5.74) is 0.904. The highest BCUT2D eigenvalue weighted by molar-refractivity contribution is 5.40. The fourth-order valence-electron chi connectivity index (χ4n) is 1.37. The van der Waals surface area contributed by atoms with Crippen molar-refractivity contribution in [1.82, 2.24) is 9.88 Å². The lowest BCUT2D eigenvalue weighted by Gasteiger charge is -2.21. The summed E-state index contributed by atoms with van der Waals surface area (Å²) in [6.45, 7) is 3.67. The third-order valence-corrected chi connectivity index (χ3v) is 2.53. The first kappa shape index (κ1) is 12.9. The molecule has 0 bridgehead atoms. The Bertz CT molecular complexity index is 326. The van der Waals surface area contributed by atoms with Gasteiger partial charge in [0.25, 0.3) is 0 Å². The van der Waals surface area contributed by atoms with Crippen LogP contribution in [0.4, 0.5) is 5.82 Å². The molecule has 1 aromatic heterocycles. The zero-order chi connectivity index (χ0) is 12.1. The smallest absolute Gasteiger partial charge is 0.128 e. The maximum atomic E-state index is 9.49. The predicted molar refractivity (Wildman–Crippen MR) is 66.7 cm³/mol. The number of likely N-dealkylation sites (N-methyl/N-ethyl adjacent to an activating group) is 2. The van der Waals surface area contributed by atoms with Gasteiger partial charge in [-0.15, -0.1) is 0 Å². The topological polar surface area (TPSA) is 39.6 Å². The van der Waals surface area contributed by atoms with Gasteiger partial charge >= 0.3 is 0 Å². The quantitative estimate of drug-likeness (QED) is 0.812. The first-order chi connectivity index (χ1) is 7.50. The van der Waals surface area contributed by atoms with Gasteiger partial charge in [-0.2, -0.15) is 0 Å². The molecule has 0 unspecified atom stereocenters. The molecule has 0 fully saturated rings. The van der Waals surface area contributed by atoms with Crippen molar-refractivity contribution < 1.29 is 5.11 Å². The van der Waals surface area contributed by atoms with Crippen LogP contribution < -0.4 is 4.90 Å². The predicted octanol–water partition coefficient (Wildman–Crippen LogP) is 1.13. The van der Waals surface area contributed by atoms with Crippen LogP contribution in [-0.2, 0) is 0 Å². The second-order valence-electron chi connectivity index (χ2n) is 4.35. The van der Waals surface area contributed by atoms with Gasteiger partial charge in [-0.25, -0.2) is 4.98 Å². The zero-order valence-electron chi connectivity index (χ0n) is 10.5. The highest BCUT2D eigenvalue weighted by Crippen LogP contribution is 2.16. The molecule has 0 saturated heterocycles. The Hall–Kier alpha value is -1.13. The second-order valence-corrected chi connectivity index (χ2v) is 4.35. The molecule has 0 aliphatic rings. The summed E-state index contributed by atoms with van der Waals surface area (Å²) in [7, 11) is 6.11. The highest BCUT2D eigenvalue weighted by Gasteiger charge is 2.06. The van der Waals surface area contributed by atoms with E-state index in [0.717, 1.165) is 24.5 Å². The van der Waals surface area contributed by atoms with Gasteiger partial charge in [0.2, 0.25) is 0 Å². The molecule has 0 spiro atoms. The summed E-state index contributed by atoms with van der Waals surface area (Å²) in [6.07, 6.45) is 1.30. The van der Waals surface area contributed by atoms with Crippen molar-refractivity contribution in [3.63, 3.8) is 0 Å². The molecule has 4 heteroatoms. The summed E-state index contributed by atoms with van der Waals surface area (Å²) in [6, 6.07) is 3.77. The fourth-order valence-corrected chi connectivity index (χ4v) is 1.37. The average molecular weight is 223 g/mol. The number of aromatic nitrogens is 1. The van der Waals surface area contributed by atoms with E-state index in [0.29, 0.717) is 0 Å². The second kappa shape index (κ2) is 5.82. The number of aliphatic hydroxyl groups is 1. The molecule has 4 nitrogen and oxygen atoms in total. The van der Waals surface area contributed by atoms with E-state index in [9.17, 15) is 5.11 Å². The number of rotatable bonds is 5. The van der Waals surface area contributed by atoms with E-state index in [1.807, 2.05) is 33.3 Å². The molecule has 0 amide bonds. The van der Waals surface area contributed by atoms with Crippen molar-refractivity contribution in [3.8, 4) is 0 Å². The Morgan fingerprint density at radius 3 is 2.56 bits per heavy atom. The number of hydrogen-bond donors (Lipinski definition) is 1. The van der Waals surface area contributed by atoms with Crippen molar-refractivity contribution in [2.24, 2.45) is 0 Å². The maximum Gasteiger partial charge on any atom is 0.128 e. The van der Waals surface area contributed by atoms with Gasteiger partial charge < -0.3 is 14.9 Å². The molecule has 0 aromatic carbocycles. The van der Waals surface area contributed by atoms with Crippen LogP contribution in [0.3, 0.4) is 0 Å². The van der Waals surface area contributed by atoms with Crippen molar-refractivity contribution in [3.05, 3.63) is 23.9 Å². The maximum absolute atomic E-state index is 9.49. The van der Waals surface area contributed by atoms with Gasteiger partial charge in [0.1, 0.15) is 5.82 Å². The highest BCUT2D eigenvalue weighted by atomic mass is 16.3. The lowest BCUT2D eigenvalue weighted by atomic mass is 10.2. The molecule has 1 N–H and O–H groups in total. The van der Waals surface area contributed by atoms with Gasteiger partial charge in [0.05, 0.1) is 6.10 Å². The largest absolute Gasteiger partial charge is 0.389 e. The molecule has 16 heavy (non-hydrogen) atoms. The summed E-state index contributed by atoms with van der Waals surface area (Å²) in [4.78, 5) is 8.52. The van der Waals surface area contributed by atoms with Gasteiger partial charge in [0, 0.05) is 26.3 Å². The van der Waals surface area contributed by atoms with Crippen LogP contribution in [0.15, 0.2) is 18.3 Å². The Balaban J connectivity index is 2.68. The molecule has 0 radical (unpaired) electrons. The van der Waals surface area contributed by atoms with Crippen LogP contribution in [-0.4, -0.2) is 49.2 Å². The minimum Gasteiger partial charge on any atom is -0.389 e. The van der Waals surface area contributed by atoms with Gasteiger partial charge in [0.15, 0.2) is 0 Å². The zero-order valence-corrected chi connectivity index (χ0v) is 10.5. The average Bonchev–Trinajstić information content (AvgIpc) is 2.26. The SMILES string of the molecule is C[C@@H](O)c1ccnc(N(C)CCN(C)C)c1. The van der Waals surface area contributed by atoms with E-state index < -0.39 is 6.10 Å². The lowest BCUT2D eigenvalue weighted by molar-refractivity contribution is 0.199. The van der Waals surface area contributed by atoms with Crippen molar-refractivity contribution in [1.29, 1.82) is 0 Å². The Kier molecular flexibility index (Phi) is 4.71. The van der Waals surface area contributed by atoms with Gasteiger partial charge in [-0.05, 0) is 38.7 Å². The normalized spacial score (nSPS) is 12.9. The monoisotopic (exact) mass is 223 g/mol. The number of pyridine rings is 1. The molecular weight excluding hydrogens is 202 g/mol. The molecule has 1 rings (SSSR count). The first-order valence-electron chi connectivity index (χ1n) is 5.50. The summed E-state index contributed by atoms with van der Waals surface area (Å²) < 4.78 is 0. The lowest BCUT2D eigenvalue weighted by Crippen LogP contribution is -2.29. The van der Waals surface area contributed by atoms with E-state index in [1.165, 1.54) is 0 Å². The van der Waals surface area contributed by atoms with Crippen molar-refractivity contribution >= 4 is 5.82 Å². The van der Waals surface area contributed by atoms with Crippen molar-refractivity contribution in [2.45, 2.75) is 13.0 Å². The van der Waals surface area contributed by atoms with E-state index >= 15 is 0 Å². The summed E-state index contributed by atoms with van der Waals surface area (Å²) in [5.74, 6) is 0.903. The molecule has 0 saturated carbocycles. The molecule has 0 aliphatic carbocycles. The van der Waals surface area contributed by atoms with Crippen LogP contribution in [0.2, 0.25) is 0 Å². The van der Waals surface area contributed by atoms with Crippen molar-refractivity contribution in [2.75, 3.05) is 39.1 Å². The third kappa shape index (κ3) is 3.79. The number of anilines is 1. The minimum atomic E-state index is -0.441. The standard InChI is InChI=1S/C12H21N3O/c1-10(16)11-5-6-13-12(9-11)15(4)8-7-14(2)3/h5-6,9-10,16H,7-8H2,1-4H3/t10-/m1/s1. The van der Waals surface area contributed by atoms with E-state index in [1.54, 1.807) is 13.1 Å². The van der Waals surface area contributed by atoms with Crippen LogP contribution in [0.5, 0.6) is 0 Å². The molecule has 90 valence electrons. The van der Waals surface area contributed by atoms with Gasteiger partial charge in [-0.3, -0.25) is 0 Å². The minimum absolute atomic E-state index is 0.441. The van der Waals surface area contributed by atoms with E-state index in [-0.39, 0.29) is 0 Å². The van der Waals surface area contributed by atoms with Crippen LogP contribution in [0.25, 0.3) is 0 Å². The summed E-state index contributed by atoms with van der Waals surface area (Å²) in [5, 5.41) is 9.49.